The van der Waals surface area contributed by atoms with Crippen molar-refractivity contribution in [1.29, 1.82) is 0 Å². The summed E-state index contributed by atoms with van der Waals surface area (Å²) in [5.74, 6) is 0. The van der Waals surface area contributed by atoms with Crippen LogP contribution < -0.4 is 4.72 Å². The van der Waals surface area contributed by atoms with Crippen molar-refractivity contribution in [3.05, 3.63) is 35.4 Å². The van der Waals surface area contributed by atoms with Crippen LogP contribution in [0.1, 0.15) is 33.1 Å². The molecule has 2 aromatic rings. The summed E-state index contributed by atoms with van der Waals surface area (Å²) < 4.78 is 152. The van der Waals surface area contributed by atoms with Crippen molar-refractivity contribution in [2.75, 3.05) is 27.5 Å². The first-order valence-electron chi connectivity index (χ1n) is 13.1. The minimum absolute atomic E-state index is 0.0489. The third-order valence-corrected chi connectivity index (χ3v) is 2.84. The van der Waals surface area contributed by atoms with Crippen LogP contribution in [-0.4, -0.2) is 45.8 Å². The number of nitrogens with one attached hydrogen (secondary N) is 2. The van der Waals surface area contributed by atoms with Gasteiger partial charge in [0.15, 0.2) is 0 Å². The van der Waals surface area contributed by atoms with E-state index in [1.807, 2.05) is 0 Å². The van der Waals surface area contributed by atoms with Crippen molar-refractivity contribution >= 4 is 20.9 Å². The third-order valence-electron chi connectivity index (χ3n) is 2.09. The molecule has 2 N–H and O–H groups in total. The van der Waals surface area contributed by atoms with Crippen molar-refractivity contribution in [3.8, 4) is 0 Å². The number of aryl methyl sites for hydroxylation is 1. The van der Waals surface area contributed by atoms with E-state index in [2.05, 4.69) is 4.98 Å². The molecular formula is C14H21N3O2S. The summed E-state index contributed by atoms with van der Waals surface area (Å²) in [4.78, 5) is 2.23. The molecule has 110 valence electrons. The highest BCUT2D eigenvalue weighted by molar-refractivity contribution is 7.88. The average molecular weight is 312 g/mol. The molecule has 0 amide bonds. The maximum Gasteiger partial charge on any atom is 0.215 e. The summed E-state index contributed by atoms with van der Waals surface area (Å²) in [6.45, 7) is -9.97. The van der Waals surface area contributed by atoms with Crippen molar-refractivity contribution in [2.24, 2.45) is 0 Å². The topological polar surface area (TPSA) is 65.2 Å². The van der Waals surface area contributed by atoms with Gasteiger partial charge < -0.3 is 9.88 Å². The molecule has 5 nitrogen and oxygen atoms in total. The third kappa shape index (κ3) is 3.59. The Hall–Kier alpha value is -1.37. The van der Waals surface area contributed by atoms with Gasteiger partial charge in [-0.1, -0.05) is 6.04 Å². The Bertz CT molecular complexity index is 1290. The first-order valence-corrected chi connectivity index (χ1v) is 6.62. The Morgan fingerprint density at radius 2 is 2.40 bits per heavy atom. The Kier molecular flexibility index (Phi) is 1.36. The van der Waals surface area contributed by atoms with Crippen LogP contribution in [0.15, 0.2) is 24.3 Å². The van der Waals surface area contributed by atoms with E-state index in [0.29, 0.717) is 0 Å². The smallest absolute Gasteiger partial charge is 0.215 e. The van der Waals surface area contributed by atoms with Gasteiger partial charge in [0.1, 0.15) is 0 Å². The van der Waals surface area contributed by atoms with Crippen LogP contribution >= 0.6 is 0 Å². The Balaban J connectivity index is 3.02. The van der Waals surface area contributed by atoms with Crippen LogP contribution in [0.25, 0.3) is 10.9 Å². The largest absolute Gasteiger partial charge is 0.361 e. The van der Waals surface area contributed by atoms with E-state index in [0.717, 1.165) is 11.8 Å². The minimum atomic E-state index is -5.51. The fraction of sp³-hybridized carbons (Fsp3) is 0.429. The van der Waals surface area contributed by atoms with E-state index >= 15 is 0 Å². The van der Waals surface area contributed by atoms with E-state index in [1.165, 1.54) is 0 Å². The number of hydrogen-bond acceptors (Lipinski definition) is 3. The van der Waals surface area contributed by atoms with Gasteiger partial charge in [0.05, 0.1) is 11.2 Å². The second-order valence-electron chi connectivity index (χ2n) is 3.63. The van der Waals surface area contributed by atoms with E-state index in [4.69, 9.17) is 21.9 Å². The molecule has 20 heavy (non-hydrogen) atoms. The predicted molar refractivity (Wildman–Crippen MR) is 82.2 cm³/mol. The lowest BCUT2D eigenvalue weighted by molar-refractivity contribution is 0.414. The van der Waals surface area contributed by atoms with E-state index < -0.39 is 88.9 Å². The second-order valence-corrected chi connectivity index (χ2v) is 5.04. The standard InChI is InChI=1S/C14H21N3O2S/c1-15-20(18,19)10-11-4-5-14-13(8-11)12(9-16-14)6-7-17(2)3/h4-5,8-9,15-16H,6-7,10H2,1-3H3/i1D3,2D3,4D,5D,6D2,7D2,8D,9D,10D2. The van der Waals surface area contributed by atoms with Crippen molar-refractivity contribution in [1.82, 2.24) is 14.6 Å². The summed E-state index contributed by atoms with van der Waals surface area (Å²) in [5.41, 5.74) is -6.84. The molecule has 1 aromatic heterocycles. The molecule has 6 heteroatoms. The normalized spacial score (nSPS) is 27.5. The molecule has 2 rings (SSSR count). The van der Waals surface area contributed by atoms with Gasteiger partial charge >= 0.3 is 0 Å². The van der Waals surface area contributed by atoms with Crippen molar-refractivity contribution < 1.29 is 30.3 Å². The average Bonchev–Trinajstić information content (AvgIpc) is 3.00. The molecule has 0 fully saturated rings. The second kappa shape index (κ2) is 5.95. The van der Waals surface area contributed by atoms with Crippen LogP contribution in [0.2, 0.25) is 0 Å². The van der Waals surface area contributed by atoms with Gasteiger partial charge in [0.25, 0.3) is 0 Å². The van der Waals surface area contributed by atoms with Crippen LogP contribution in [-0.2, 0) is 22.1 Å². The highest BCUT2D eigenvalue weighted by Gasteiger charge is 2.11. The molecule has 0 saturated heterocycles. The highest BCUT2D eigenvalue weighted by Crippen LogP contribution is 2.21. The zero-order valence-corrected chi connectivity index (χ0v) is 11.0. The predicted octanol–water partition coefficient (Wildman–Crippen LogP) is 1.32. The molecule has 0 atom stereocenters. The molecule has 0 radical (unpaired) electrons. The SMILES string of the molecule is [2H]c1[nH]c2c([2H])c([2H])c(C([2H])([2H])S(=O)(=O)NC([2H])([2H])[2H])c([2H])c2c1C([2H])([2H])C([2H])([2H])N(C)C([2H])([2H])[2H]. The minimum Gasteiger partial charge on any atom is -0.361 e. The molecule has 1 heterocycles. The van der Waals surface area contributed by atoms with Gasteiger partial charge in [-0.15, -0.1) is 0 Å². The molecule has 0 saturated carbocycles. The lowest BCUT2D eigenvalue weighted by atomic mass is 10.1. The van der Waals surface area contributed by atoms with Gasteiger partial charge in [-0.2, -0.15) is 0 Å². The molecule has 0 bridgehead atoms. The Morgan fingerprint density at radius 1 is 1.55 bits per heavy atom. The van der Waals surface area contributed by atoms with Gasteiger partial charge in [-0.3, -0.25) is 0 Å². The lowest BCUT2D eigenvalue weighted by Crippen LogP contribution is -2.20. The molecule has 0 aliphatic carbocycles. The maximum atomic E-state index is 12.5. The van der Waals surface area contributed by atoms with Gasteiger partial charge in [-0.05, 0) is 50.6 Å². The number of likely N-dealkylation sites (N-methyl/N-ethyl adjacent to an activating group) is 1. The van der Waals surface area contributed by atoms with Gasteiger partial charge in [0, 0.05) is 40.0 Å². The number of hydrogen-bond donors (Lipinski definition) is 2. The number of H-pyrrole nitrogens is 1. The number of benzene rings is 1. The summed E-state index contributed by atoms with van der Waals surface area (Å²) in [5, 5.41) is -0.850. The van der Waals surface area contributed by atoms with Crippen LogP contribution in [0.5, 0.6) is 0 Å². The zero-order valence-electron chi connectivity index (χ0n) is 26.2. The van der Waals surface area contributed by atoms with Crippen molar-refractivity contribution in [3.63, 3.8) is 0 Å². The lowest BCUT2D eigenvalue weighted by Gasteiger charge is -2.08. The molecule has 0 aliphatic heterocycles. The zero-order chi connectivity index (χ0) is 28.6. The first-order chi connectivity index (χ1) is 15.7. The maximum absolute atomic E-state index is 12.5. The highest BCUT2D eigenvalue weighted by atomic mass is 32.2. The summed E-state index contributed by atoms with van der Waals surface area (Å²) >= 11 is 0. The van der Waals surface area contributed by atoms with Crippen molar-refractivity contribution in [2.45, 2.75) is 12.1 Å². The molecule has 1 aromatic carbocycles. The Morgan fingerprint density at radius 3 is 3.15 bits per heavy atom. The van der Waals surface area contributed by atoms with Gasteiger partial charge in [0.2, 0.25) is 10.0 Å². The number of aromatic amines is 1. The summed E-state index contributed by atoms with van der Waals surface area (Å²) in [6, 6.07) is -3.43. The van der Waals surface area contributed by atoms with E-state index in [9.17, 15) is 8.42 Å². The molecule has 0 aliphatic rings. The summed E-state index contributed by atoms with van der Waals surface area (Å²) in [6.07, 6.45) is -4.38. The fourth-order valence-corrected chi connectivity index (χ4v) is 1.74. The summed E-state index contributed by atoms with van der Waals surface area (Å²) in [7, 11) is -4.78. The molecule has 0 spiro atoms. The number of nitrogens with zero attached hydrogens (tertiary/aromatic N) is 1. The monoisotopic (exact) mass is 311 g/mol. The molecular weight excluding hydrogens is 274 g/mol. The van der Waals surface area contributed by atoms with Crippen LogP contribution in [0.4, 0.5) is 0 Å². The van der Waals surface area contributed by atoms with Crippen LogP contribution in [0.3, 0.4) is 0 Å². The number of sulfonamides is 1. The van der Waals surface area contributed by atoms with E-state index in [1.54, 1.807) is 0 Å². The van der Waals surface area contributed by atoms with Gasteiger partial charge in [-0.25, -0.2) is 13.1 Å². The number of rotatable bonds is 6. The fourth-order valence-electron chi connectivity index (χ4n) is 1.32. The van der Waals surface area contributed by atoms with E-state index in [-0.39, 0.29) is 4.90 Å². The first kappa shape index (κ1) is 4.56. The quantitative estimate of drug-likeness (QED) is 0.845. The Labute approximate surface area is 142 Å². The van der Waals surface area contributed by atoms with Crippen LogP contribution in [0, 0.1) is 0 Å². The number of aromatic nitrogens is 1. The number of fused-ring (bicyclic) bond motifs is 1. The molecule has 0 unspecified atom stereocenters.